The van der Waals surface area contributed by atoms with E-state index in [4.69, 9.17) is 62.7 Å². The monoisotopic (exact) mass is 462 g/mol. The standard InChI is InChI=1S/C9H5Br2Cl5O/c10-3(11)1-2-17-9-7(15)5(13)4(12)6(14)8(9)16/h3H,1-2H2. The minimum atomic E-state index is 0.120. The summed E-state index contributed by atoms with van der Waals surface area (Å²) in [5.41, 5.74) is 0. The summed E-state index contributed by atoms with van der Waals surface area (Å²) < 4.78 is 5.59. The first-order valence-electron chi connectivity index (χ1n) is 4.28. The molecule has 0 saturated heterocycles. The Balaban J connectivity index is 2.99. The van der Waals surface area contributed by atoms with E-state index in [1.165, 1.54) is 0 Å². The van der Waals surface area contributed by atoms with Gasteiger partial charge in [0.15, 0.2) is 5.75 Å². The lowest BCUT2D eigenvalue weighted by molar-refractivity contribution is 0.318. The minimum absolute atomic E-state index is 0.120. The van der Waals surface area contributed by atoms with Crippen LogP contribution in [0.25, 0.3) is 0 Å². The first-order valence-corrected chi connectivity index (χ1v) is 8.00. The van der Waals surface area contributed by atoms with Crippen LogP contribution in [-0.2, 0) is 0 Å². The molecule has 0 radical (unpaired) electrons. The zero-order valence-corrected chi connectivity index (χ0v) is 15.0. The van der Waals surface area contributed by atoms with Crippen molar-refractivity contribution < 1.29 is 4.74 Å². The molecule has 0 amide bonds. The Labute approximate surface area is 141 Å². The lowest BCUT2D eigenvalue weighted by Gasteiger charge is -2.13. The summed E-state index contributed by atoms with van der Waals surface area (Å²) in [4.78, 5) is 0. The molecule has 0 fully saturated rings. The van der Waals surface area contributed by atoms with E-state index >= 15 is 0 Å². The van der Waals surface area contributed by atoms with Gasteiger partial charge in [0.2, 0.25) is 0 Å². The van der Waals surface area contributed by atoms with E-state index < -0.39 is 0 Å². The maximum Gasteiger partial charge on any atom is 0.159 e. The Kier molecular flexibility index (Phi) is 7.06. The summed E-state index contributed by atoms with van der Waals surface area (Å²) in [5.74, 6) is 0.244. The maximum absolute atomic E-state index is 5.98. The molecule has 0 aliphatic heterocycles. The quantitative estimate of drug-likeness (QED) is 0.268. The van der Waals surface area contributed by atoms with Gasteiger partial charge < -0.3 is 4.74 Å². The van der Waals surface area contributed by atoms with E-state index in [2.05, 4.69) is 31.9 Å². The van der Waals surface area contributed by atoms with Gasteiger partial charge in [0, 0.05) is 6.42 Å². The zero-order valence-electron chi connectivity index (χ0n) is 8.05. The van der Waals surface area contributed by atoms with E-state index in [0.29, 0.717) is 13.0 Å². The van der Waals surface area contributed by atoms with Crippen LogP contribution in [0.15, 0.2) is 0 Å². The molecule has 0 aliphatic carbocycles. The fourth-order valence-electron chi connectivity index (χ4n) is 0.962. The van der Waals surface area contributed by atoms with Crippen LogP contribution >= 0.6 is 89.9 Å². The van der Waals surface area contributed by atoms with Gasteiger partial charge in [-0.3, -0.25) is 0 Å². The van der Waals surface area contributed by atoms with Gasteiger partial charge in [-0.05, 0) is 0 Å². The summed E-state index contributed by atoms with van der Waals surface area (Å²) in [5, 5.41) is 0.701. The fraction of sp³-hybridized carbons (Fsp3) is 0.333. The van der Waals surface area contributed by atoms with Crippen molar-refractivity contribution in [3.63, 3.8) is 0 Å². The van der Waals surface area contributed by atoms with E-state index in [-0.39, 0.29) is 34.6 Å². The molecule has 1 rings (SSSR count). The highest BCUT2D eigenvalue weighted by molar-refractivity contribution is 9.24. The van der Waals surface area contributed by atoms with Crippen LogP contribution in [0.4, 0.5) is 0 Å². The van der Waals surface area contributed by atoms with E-state index in [1.807, 2.05) is 0 Å². The van der Waals surface area contributed by atoms with E-state index in [9.17, 15) is 0 Å². The third-order valence-corrected chi connectivity index (χ3v) is 4.91. The smallest absolute Gasteiger partial charge is 0.159 e. The molecular formula is C9H5Br2Cl5O. The Morgan fingerprint density at radius 1 is 0.824 bits per heavy atom. The Hall–Kier alpha value is 1.43. The van der Waals surface area contributed by atoms with Crippen LogP contribution in [0.1, 0.15) is 6.42 Å². The fourth-order valence-corrected chi connectivity index (χ4v) is 2.57. The Bertz CT molecular complexity index is 395. The molecule has 0 spiro atoms. The first kappa shape index (κ1) is 16.5. The molecule has 1 nitrogen and oxygen atoms in total. The van der Waals surface area contributed by atoms with Crippen molar-refractivity contribution in [3.05, 3.63) is 25.1 Å². The van der Waals surface area contributed by atoms with E-state index in [1.54, 1.807) is 0 Å². The highest BCUT2D eigenvalue weighted by atomic mass is 79.9. The molecule has 17 heavy (non-hydrogen) atoms. The second kappa shape index (κ2) is 7.28. The molecule has 0 heterocycles. The van der Waals surface area contributed by atoms with Gasteiger partial charge in [0.1, 0.15) is 10.0 Å². The molecular weight excluding hydrogens is 461 g/mol. The topological polar surface area (TPSA) is 9.23 Å². The van der Waals surface area contributed by atoms with Crippen LogP contribution in [-0.4, -0.2) is 10.3 Å². The average Bonchev–Trinajstić information content (AvgIpc) is 2.28. The number of halogens is 7. The molecule has 0 aliphatic rings. The molecule has 0 unspecified atom stereocenters. The summed E-state index contributed by atoms with van der Waals surface area (Å²) in [6, 6.07) is 0. The predicted molar refractivity (Wildman–Crippen MR) is 83.2 cm³/mol. The van der Waals surface area contributed by atoms with Gasteiger partial charge in [-0.25, -0.2) is 0 Å². The van der Waals surface area contributed by atoms with Crippen molar-refractivity contribution in [1.82, 2.24) is 0 Å². The molecule has 96 valence electrons. The van der Waals surface area contributed by atoms with Crippen LogP contribution < -0.4 is 4.74 Å². The zero-order chi connectivity index (χ0) is 13.2. The summed E-state index contributed by atoms with van der Waals surface area (Å²) >= 11 is 36.2. The van der Waals surface area contributed by atoms with Gasteiger partial charge in [-0.15, -0.1) is 0 Å². The predicted octanol–water partition coefficient (Wildman–Crippen LogP) is 6.84. The number of hydrogen-bond acceptors (Lipinski definition) is 1. The van der Waals surface area contributed by atoms with Crippen molar-refractivity contribution in [2.75, 3.05) is 6.61 Å². The second-order valence-corrected chi connectivity index (χ2v) is 8.26. The molecule has 1 aromatic rings. The number of ether oxygens (including phenoxy) is 1. The summed E-state index contributed by atoms with van der Waals surface area (Å²) in [7, 11) is 0. The lowest BCUT2D eigenvalue weighted by atomic mass is 10.3. The number of hydrogen-bond donors (Lipinski definition) is 0. The summed E-state index contributed by atoms with van der Waals surface area (Å²) in [6.45, 7) is 0.398. The minimum Gasteiger partial charge on any atom is -0.490 e. The number of alkyl halides is 2. The molecule has 0 saturated carbocycles. The normalized spacial score (nSPS) is 11.1. The highest BCUT2D eigenvalue weighted by Crippen LogP contribution is 2.48. The summed E-state index contributed by atoms with van der Waals surface area (Å²) in [6.07, 6.45) is 0.713. The molecule has 1 aromatic carbocycles. The van der Waals surface area contributed by atoms with Gasteiger partial charge >= 0.3 is 0 Å². The van der Waals surface area contributed by atoms with Gasteiger partial charge in [-0.1, -0.05) is 89.9 Å². The Morgan fingerprint density at radius 2 is 1.24 bits per heavy atom. The second-order valence-electron chi connectivity index (χ2n) is 2.93. The van der Waals surface area contributed by atoms with Crippen molar-refractivity contribution in [2.24, 2.45) is 0 Å². The van der Waals surface area contributed by atoms with Gasteiger partial charge in [0.25, 0.3) is 0 Å². The highest BCUT2D eigenvalue weighted by Gasteiger charge is 2.20. The Morgan fingerprint density at radius 3 is 1.65 bits per heavy atom. The average molecular weight is 466 g/mol. The maximum atomic E-state index is 5.98. The van der Waals surface area contributed by atoms with Crippen molar-refractivity contribution in [2.45, 2.75) is 10.2 Å². The molecule has 0 aromatic heterocycles. The van der Waals surface area contributed by atoms with Crippen LogP contribution in [0.2, 0.25) is 25.1 Å². The van der Waals surface area contributed by atoms with E-state index in [0.717, 1.165) is 0 Å². The van der Waals surface area contributed by atoms with Crippen LogP contribution in [0.5, 0.6) is 5.75 Å². The third kappa shape index (κ3) is 4.20. The first-order chi connectivity index (χ1) is 7.86. The van der Waals surface area contributed by atoms with Crippen molar-refractivity contribution >= 4 is 89.9 Å². The molecule has 0 bridgehead atoms. The molecule has 0 atom stereocenters. The van der Waals surface area contributed by atoms with Gasteiger partial charge in [-0.2, -0.15) is 0 Å². The molecule has 8 heteroatoms. The van der Waals surface area contributed by atoms with Crippen molar-refractivity contribution in [1.29, 1.82) is 0 Å². The number of benzene rings is 1. The van der Waals surface area contributed by atoms with Gasteiger partial charge in [0.05, 0.1) is 25.4 Å². The SMILES string of the molecule is Clc1c(Cl)c(Cl)c(OCCC(Br)Br)c(Cl)c1Cl. The largest absolute Gasteiger partial charge is 0.490 e. The van der Waals surface area contributed by atoms with Crippen molar-refractivity contribution in [3.8, 4) is 5.75 Å². The van der Waals surface area contributed by atoms with Crippen LogP contribution in [0.3, 0.4) is 0 Å². The van der Waals surface area contributed by atoms with Crippen LogP contribution in [0, 0.1) is 0 Å². The third-order valence-electron chi connectivity index (χ3n) is 1.75. The molecule has 0 N–H and O–H groups in total. The lowest BCUT2D eigenvalue weighted by Crippen LogP contribution is -2.02. The number of rotatable bonds is 4.